The van der Waals surface area contributed by atoms with E-state index in [9.17, 15) is 4.79 Å². The van der Waals surface area contributed by atoms with Crippen molar-refractivity contribution in [3.63, 3.8) is 0 Å². The molecule has 5 heteroatoms. The third-order valence-electron chi connectivity index (χ3n) is 3.65. The summed E-state index contributed by atoms with van der Waals surface area (Å²) in [5, 5.41) is 9.02. The van der Waals surface area contributed by atoms with Gasteiger partial charge in [-0.25, -0.2) is 4.79 Å². The van der Waals surface area contributed by atoms with E-state index in [-0.39, 0.29) is 6.61 Å². The SMILES string of the molecule is COC(=O)c1occc1CN1CCCC(CCO)C1. The molecule has 1 aromatic heterocycles. The number of carbonyl (C=O) groups excluding carboxylic acids is 1. The van der Waals surface area contributed by atoms with Gasteiger partial charge in [-0.15, -0.1) is 0 Å². The predicted molar refractivity (Wildman–Crippen MR) is 69.8 cm³/mol. The number of furan rings is 1. The van der Waals surface area contributed by atoms with Crippen molar-refractivity contribution in [3.8, 4) is 0 Å². The average molecular weight is 267 g/mol. The maximum Gasteiger partial charge on any atom is 0.374 e. The van der Waals surface area contributed by atoms with Crippen molar-refractivity contribution >= 4 is 5.97 Å². The first kappa shape index (κ1) is 14.1. The Labute approximate surface area is 113 Å². The van der Waals surface area contributed by atoms with Crippen LogP contribution in [0.2, 0.25) is 0 Å². The molecule has 0 spiro atoms. The minimum atomic E-state index is -0.427. The fraction of sp³-hybridized carbons (Fsp3) is 0.643. The van der Waals surface area contributed by atoms with Crippen LogP contribution >= 0.6 is 0 Å². The minimum Gasteiger partial charge on any atom is -0.463 e. The fourth-order valence-corrected chi connectivity index (χ4v) is 2.69. The number of carbonyl (C=O) groups is 1. The monoisotopic (exact) mass is 267 g/mol. The number of esters is 1. The Hall–Kier alpha value is -1.33. The number of hydrogen-bond donors (Lipinski definition) is 1. The predicted octanol–water partition coefficient (Wildman–Crippen LogP) is 1.66. The third-order valence-corrected chi connectivity index (χ3v) is 3.65. The molecular formula is C14H21NO4. The van der Waals surface area contributed by atoms with E-state index in [1.807, 2.05) is 6.07 Å². The standard InChI is InChI=1S/C14H21NO4/c1-18-14(17)13-12(5-8-19-13)10-15-6-2-3-11(9-15)4-7-16/h5,8,11,16H,2-4,6-7,9-10H2,1H3. The van der Waals surface area contributed by atoms with Gasteiger partial charge in [-0.1, -0.05) is 0 Å². The number of hydrogen-bond acceptors (Lipinski definition) is 5. The Morgan fingerprint density at radius 2 is 2.47 bits per heavy atom. The van der Waals surface area contributed by atoms with Gasteiger partial charge in [-0.3, -0.25) is 4.90 Å². The van der Waals surface area contributed by atoms with Gasteiger partial charge in [0.05, 0.1) is 13.4 Å². The molecule has 0 amide bonds. The quantitative estimate of drug-likeness (QED) is 0.822. The van der Waals surface area contributed by atoms with Gasteiger partial charge in [-0.05, 0) is 37.8 Å². The van der Waals surface area contributed by atoms with Crippen LogP contribution in [0.4, 0.5) is 0 Å². The van der Waals surface area contributed by atoms with Crippen LogP contribution in [0.5, 0.6) is 0 Å². The normalized spacial score (nSPS) is 20.4. The number of piperidine rings is 1. The molecule has 0 aliphatic carbocycles. The summed E-state index contributed by atoms with van der Waals surface area (Å²) in [4.78, 5) is 13.8. The van der Waals surface area contributed by atoms with Crippen molar-refractivity contribution < 1.29 is 19.1 Å². The van der Waals surface area contributed by atoms with Gasteiger partial charge in [0.1, 0.15) is 0 Å². The molecule has 19 heavy (non-hydrogen) atoms. The van der Waals surface area contributed by atoms with Crippen LogP contribution in [-0.4, -0.2) is 42.8 Å². The first-order valence-corrected chi connectivity index (χ1v) is 6.72. The summed E-state index contributed by atoms with van der Waals surface area (Å²) in [5.74, 6) is 0.419. The Balaban J connectivity index is 1.97. The minimum absolute atomic E-state index is 0.248. The van der Waals surface area contributed by atoms with Crippen LogP contribution in [0.1, 0.15) is 35.4 Å². The Kier molecular flexibility index (Phi) is 4.99. The van der Waals surface area contributed by atoms with Gasteiger partial charge in [0.25, 0.3) is 0 Å². The molecule has 5 nitrogen and oxygen atoms in total. The van der Waals surface area contributed by atoms with Crippen molar-refractivity contribution in [1.29, 1.82) is 0 Å². The molecule has 0 aromatic carbocycles. The van der Waals surface area contributed by atoms with Gasteiger partial charge >= 0.3 is 5.97 Å². The molecule has 1 aliphatic rings. The van der Waals surface area contributed by atoms with Crippen molar-refractivity contribution in [1.82, 2.24) is 4.90 Å². The largest absolute Gasteiger partial charge is 0.463 e. The molecule has 0 saturated carbocycles. The number of nitrogens with zero attached hydrogens (tertiary/aromatic N) is 1. The zero-order chi connectivity index (χ0) is 13.7. The van der Waals surface area contributed by atoms with Crippen molar-refractivity contribution in [2.45, 2.75) is 25.8 Å². The highest BCUT2D eigenvalue weighted by Gasteiger charge is 2.22. The van der Waals surface area contributed by atoms with Crippen LogP contribution in [0.3, 0.4) is 0 Å². The molecule has 1 fully saturated rings. The molecule has 2 rings (SSSR count). The molecule has 0 bridgehead atoms. The van der Waals surface area contributed by atoms with E-state index in [0.717, 1.165) is 31.5 Å². The molecule has 1 atom stereocenters. The number of aliphatic hydroxyl groups is 1. The average Bonchev–Trinajstić information content (AvgIpc) is 2.87. The number of ether oxygens (including phenoxy) is 1. The lowest BCUT2D eigenvalue weighted by Crippen LogP contribution is -2.35. The number of rotatable bonds is 5. The number of aliphatic hydroxyl groups excluding tert-OH is 1. The Morgan fingerprint density at radius 3 is 3.21 bits per heavy atom. The molecule has 1 aliphatic heterocycles. The van der Waals surface area contributed by atoms with Crippen LogP contribution in [0.15, 0.2) is 16.7 Å². The van der Waals surface area contributed by atoms with Gasteiger partial charge in [-0.2, -0.15) is 0 Å². The van der Waals surface area contributed by atoms with Gasteiger partial charge in [0.2, 0.25) is 5.76 Å². The molecular weight excluding hydrogens is 246 g/mol. The van der Waals surface area contributed by atoms with Gasteiger partial charge in [0, 0.05) is 25.3 Å². The molecule has 1 saturated heterocycles. The smallest absolute Gasteiger partial charge is 0.374 e. The zero-order valence-electron chi connectivity index (χ0n) is 11.3. The number of methoxy groups -OCH3 is 1. The highest BCUT2D eigenvalue weighted by molar-refractivity contribution is 5.87. The van der Waals surface area contributed by atoms with E-state index in [4.69, 9.17) is 14.3 Å². The third kappa shape index (κ3) is 3.58. The summed E-state index contributed by atoms with van der Waals surface area (Å²) in [5.41, 5.74) is 0.872. The van der Waals surface area contributed by atoms with E-state index in [1.165, 1.54) is 19.8 Å². The van der Waals surface area contributed by atoms with E-state index < -0.39 is 5.97 Å². The number of likely N-dealkylation sites (tertiary alicyclic amines) is 1. The lowest BCUT2D eigenvalue weighted by molar-refractivity contribution is 0.0560. The summed E-state index contributed by atoms with van der Waals surface area (Å²) in [6.07, 6.45) is 4.69. The Morgan fingerprint density at radius 1 is 1.63 bits per heavy atom. The van der Waals surface area contributed by atoms with E-state index >= 15 is 0 Å². The first-order valence-electron chi connectivity index (χ1n) is 6.72. The van der Waals surface area contributed by atoms with Crippen LogP contribution in [0.25, 0.3) is 0 Å². The zero-order valence-corrected chi connectivity index (χ0v) is 11.3. The van der Waals surface area contributed by atoms with Gasteiger partial charge < -0.3 is 14.3 Å². The second-order valence-corrected chi connectivity index (χ2v) is 5.02. The summed E-state index contributed by atoms with van der Waals surface area (Å²) >= 11 is 0. The summed E-state index contributed by atoms with van der Waals surface area (Å²) < 4.78 is 9.89. The van der Waals surface area contributed by atoms with Crippen LogP contribution < -0.4 is 0 Å². The molecule has 1 N–H and O–H groups in total. The molecule has 1 unspecified atom stereocenters. The van der Waals surface area contributed by atoms with Crippen LogP contribution in [0, 0.1) is 5.92 Å². The second-order valence-electron chi connectivity index (χ2n) is 5.02. The molecule has 2 heterocycles. The molecule has 0 radical (unpaired) electrons. The second kappa shape index (κ2) is 6.73. The maximum atomic E-state index is 11.5. The van der Waals surface area contributed by atoms with E-state index in [0.29, 0.717) is 18.2 Å². The lowest BCUT2D eigenvalue weighted by atomic mass is 9.95. The summed E-state index contributed by atoms with van der Waals surface area (Å²) in [6, 6.07) is 1.82. The first-order chi connectivity index (χ1) is 9.24. The van der Waals surface area contributed by atoms with E-state index in [2.05, 4.69) is 4.90 Å². The van der Waals surface area contributed by atoms with Gasteiger partial charge in [0.15, 0.2) is 0 Å². The molecule has 106 valence electrons. The lowest BCUT2D eigenvalue weighted by Gasteiger charge is -2.32. The topological polar surface area (TPSA) is 62.9 Å². The maximum absolute atomic E-state index is 11.5. The molecule has 1 aromatic rings. The summed E-state index contributed by atoms with van der Waals surface area (Å²) in [7, 11) is 1.35. The highest BCUT2D eigenvalue weighted by Crippen LogP contribution is 2.22. The van der Waals surface area contributed by atoms with Crippen molar-refractivity contribution in [2.24, 2.45) is 5.92 Å². The van der Waals surface area contributed by atoms with Crippen LogP contribution in [-0.2, 0) is 11.3 Å². The van der Waals surface area contributed by atoms with Crippen molar-refractivity contribution in [3.05, 3.63) is 23.7 Å². The Bertz CT molecular complexity index is 413. The highest BCUT2D eigenvalue weighted by atomic mass is 16.5. The van der Waals surface area contributed by atoms with Crippen molar-refractivity contribution in [2.75, 3.05) is 26.8 Å². The fourth-order valence-electron chi connectivity index (χ4n) is 2.69. The van der Waals surface area contributed by atoms with E-state index in [1.54, 1.807) is 0 Å². The summed E-state index contributed by atoms with van der Waals surface area (Å²) in [6.45, 7) is 2.93.